The van der Waals surface area contributed by atoms with Crippen LogP contribution in [-0.4, -0.2) is 48.9 Å². The number of hydrogen-bond donors (Lipinski definition) is 1. The van der Waals surface area contributed by atoms with Gasteiger partial charge in [0.1, 0.15) is 0 Å². The second kappa shape index (κ2) is 9.62. The molecule has 2 N–H and O–H groups in total. The predicted molar refractivity (Wildman–Crippen MR) is 92.8 cm³/mol. The lowest BCUT2D eigenvalue weighted by Crippen LogP contribution is -2.46. The molecule has 1 atom stereocenters. The molecule has 1 aliphatic heterocycles. The summed E-state index contributed by atoms with van der Waals surface area (Å²) in [6, 6.07) is 3.63. The maximum Gasteiger partial charge on any atom is 0.223 e. The summed E-state index contributed by atoms with van der Waals surface area (Å²) in [6.07, 6.45) is 1.29. The summed E-state index contributed by atoms with van der Waals surface area (Å²) in [6.45, 7) is 2.27. The van der Waals surface area contributed by atoms with Gasteiger partial charge in [-0.2, -0.15) is 0 Å². The number of hydrogen-bond acceptors (Lipinski definition) is 5. The number of thiophene rings is 1. The molecule has 1 aromatic heterocycles. The van der Waals surface area contributed by atoms with Gasteiger partial charge in [0.05, 0.1) is 21.4 Å². The number of ether oxygens (including phenoxy) is 1. The summed E-state index contributed by atoms with van der Waals surface area (Å²) in [5.74, 6) is 0.0371. The number of morpholine rings is 1. The molecular weight excluding hydrogens is 392 g/mol. The molecule has 0 aromatic carbocycles. The molecule has 1 saturated heterocycles. The molecule has 1 aromatic rings. The second-order valence-electron chi connectivity index (χ2n) is 4.94. The lowest BCUT2D eigenvalue weighted by atomic mass is 10.1. The van der Waals surface area contributed by atoms with Gasteiger partial charge in [-0.05, 0) is 41.0 Å². The molecule has 0 spiro atoms. The third kappa shape index (κ3) is 5.62. The van der Waals surface area contributed by atoms with Crippen molar-refractivity contribution in [1.82, 2.24) is 4.90 Å². The number of carbonyl (C=O) groups excluding carboxylic acids is 2. The van der Waals surface area contributed by atoms with Crippen LogP contribution in [0, 0.1) is 0 Å². The normalized spacial score (nSPS) is 17.9. The van der Waals surface area contributed by atoms with Gasteiger partial charge in [-0.3, -0.25) is 9.59 Å². The van der Waals surface area contributed by atoms with Crippen molar-refractivity contribution in [2.75, 3.05) is 26.2 Å². The largest absolute Gasteiger partial charge is 0.374 e. The first-order valence-corrected chi connectivity index (χ1v) is 8.59. The molecule has 1 unspecified atom stereocenters. The van der Waals surface area contributed by atoms with E-state index < -0.39 is 0 Å². The van der Waals surface area contributed by atoms with E-state index in [2.05, 4.69) is 15.9 Å². The van der Waals surface area contributed by atoms with Crippen molar-refractivity contribution >= 4 is 51.4 Å². The van der Waals surface area contributed by atoms with Crippen LogP contribution in [0.4, 0.5) is 0 Å². The van der Waals surface area contributed by atoms with Crippen molar-refractivity contribution in [3.8, 4) is 0 Å². The highest BCUT2D eigenvalue weighted by Crippen LogP contribution is 2.23. The summed E-state index contributed by atoms with van der Waals surface area (Å²) < 4.78 is 6.48. The maximum absolute atomic E-state index is 12.2. The maximum atomic E-state index is 12.2. The number of halogens is 2. The molecule has 2 rings (SSSR count). The Bertz CT molecular complexity index is 510. The number of amides is 1. The van der Waals surface area contributed by atoms with Crippen LogP contribution in [0.2, 0.25) is 0 Å². The Balaban J connectivity index is 0.00000242. The number of ketones is 1. The number of rotatable bonds is 6. The molecular formula is C14H20BrClN2O3S. The Kier molecular flexibility index (Phi) is 8.56. The van der Waals surface area contributed by atoms with E-state index in [9.17, 15) is 9.59 Å². The van der Waals surface area contributed by atoms with E-state index in [4.69, 9.17) is 10.5 Å². The first-order valence-electron chi connectivity index (χ1n) is 6.98. The fourth-order valence-electron chi connectivity index (χ4n) is 2.27. The molecule has 0 radical (unpaired) electrons. The van der Waals surface area contributed by atoms with Crippen molar-refractivity contribution in [3.05, 3.63) is 20.8 Å². The third-order valence-corrected chi connectivity index (χ3v) is 5.06. The monoisotopic (exact) mass is 410 g/mol. The van der Waals surface area contributed by atoms with Crippen LogP contribution in [0.25, 0.3) is 0 Å². The summed E-state index contributed by atoms with van der Waals surface area (Å²) in [5.41, 5.74) is 5.51. The van der Waals surface area contributed by atoms with E-state index in [1.54, 1.807) is 11.0 Å². The molecule has 2 heterocycles. The number of Topliss-reactive ketones (excluding diaryl/α,β-unsaturated/α-hetero) is 1. The Morgan fingerprint density at radius 3 is 2.82 bits per heavy atom. The van der Waals surface area contributed by atoms with Gasteiger partial charge < -0.3 is 15.4 Å². The molecule has 5 nitrogen and oxygen atoms in total. The average molecular weight is 412 g/mol. The van der Waals surface area contributed by atoms with Crippen LogP contribution in [-0.2, 0) is 9.53 Å². The van der Waals surface area contributed by atoms with E-state index in [1.807, 2.05) is 6.07 Å². The smallest absolute Gasteiger partial charge is 0.223 e. The predicted octanol–water partition coefficient (Wildman–Crippen LogP) is 2.47. The molecule has 1 aliphatic rings. The first-order chi connectivity index (χ1) is 10.1. The number of nitrogens with zero attached hydrogens (tertiary/aromatic N) is 1. The minimum atomic E-state index is 0. The Hall–Kier alpha value is -0.470. The van der Waals surface area contributed by atoms with Gasteiger partial charge in [-0.1, -0.05) is 0 Å². The number of nitrogens with two attached hydrogens (primary N) is 1. The lowest BCUT2D eigenvalue weighted by molar-refractivity contribution is -0.138. The molecule has 8 heteroatoms. The number of carbonyl (C=O) groups is 2. The van der Waals surface area contributed by atoms with Crippen molar-refractivity contribution in [3.63, 3.8) is 0 Å². The van der Waals surface area contributed by atoms with Gasteiger partial charge in [-0.25, -0.2) is 0 Å². The fourth-order valence-corrected chi connectivity index (χ4v) is 3.63. The van der Waals surface area contributed by atoms with E-state index in [1.165, 1.54) is 11.3 Å². The molecule has 1 fully saturated rings. The highest BCUT2D eigenvalue weighted by atomic mass is 79.9. The molecule has 22 heavy (non-hydrogen) atoms. The molecule has 0 saturated carbocycles. The Morgan fingerprint density at radius 1 is 1.41 bits per heavy atom. The highest BCUT2D eigenvalue weighted by molar-refractivity contribution is 9.11. The van der Waals surface area contributed by atoms with E-state index in [-0.39, 0.29) is 43.0 Å². The zero-order valence-electron chi connectivity index (χ0n) is 12.1. The van der Waals surface area contributed by atoms with Gasteiger partial charge >= 0.3 is 0 Å². The van der Waals surface area contributed by atoms with Gasteiger partial charge in [0.15, 0.2) is 5.78 Å². The standard InChI is InChI=1S/C14H19BrN2O3S.ClH/c15-13-3-2-12(21-13)11(18)1-4-14(19)17-7-8-20-10(9-17)5-6-16;/h2-3,10H,1,4-9,16H2;1H. The van der Waals surface area contributed by atoms with Crippen molar-refractivity contribution in [2.24, 2.45) is 5.73 Å². The minimum absolute atomic E-state index is 0. The van der Waals surface area contributed by atoms with Gasteiger partial charge in [0.25, 0.3) is 0 Å². The topological polar surface area (TPSA) is 72.6 Å². The van der Waals surface area contributed by atoms with Crippen molar-refractivity contribution in [2.45, 2.75) is 25.4 Å². The third-order valence-electron chi connectivity index (χ3n) is 3.39. The van der Waals surface area contributed by atoms with Gasteiger partial charge in [0.2, 0.25) is 5.91 Å². The summed E-state index contributed by atoms with van der Waals surface area (Å²) in [7, 11) is 0. The Morgan fingerprint density at radius 2 is 2.18 bits per heavy atom. The van der Waals surface area contributed by atoms with E-state index in [0.717, 1.165) is 10.2 Å². The molecule has 0 aliphatic carbocycles. The first kappa shape index (κ1) is 19.6. The quantitative estimate of drug-likeness (QED) is 0.730. The van der Waals surface area contributed by atoms with Crippen LogP contribution >= 0.6 is 39.7 Å². The Labute approximate surface area is 148 Å². The summed E-state index contributed by atoms with van der Waals surface area (Å²) in [4.78, 5) is 26.6. The van der Waals surface area contributed by atoms with E-state index in [0.29, 0.717) is 31.1 Å². The minimum Gasteiger partial charge on any atom is -0.374 e. The van der Waals surface area contributed by atoms with Crippen LogP contribution in [0.15, 0.2) is 15.9 Å². The lowest BCUT2D eigenvalue weighted by Gasteiger charge is -2.32. The van der Waals surface area contributed by atoms with Crippen LogP contribution in [0.3, 0.4) is 0 Å². The highest BCUT2D eigenvalue weighted by Gasteiger charge is 2.24. The van der Waals surface area contributed by atoms with Gasteiger partial charge in [-0.15, -0.1) is 23.7 Å². The molecule has 124 valence electrons. The van der Waals surface area contributed by atoms with Crippen LogP contribution in [0.1, 0.15) is 28.9 Å². The van der Waals surface area contributed by atoms with Crippen LogP contribution in [0.5, 0.6) is 0 Å². The van der Waals surface area contributed by atoms with Crippen molar-refractivity contribution < 1.29 is 14.3 Å². The fraction of sp³-hybridized carbons (Fsp3) is 0.571. The zero-order valence-corrected chi connectivity index (χ0v) is 15.3. The summed E-state index contributed by atoms with van der Waals surface area (Å²) >= 11 is 4.73. The molecule has 1 amide bonds. The zero-order chi connectivity index (χ0) is 15.2. The second-order valence-corrected chi connectivity index (χ2v) is 7.40. The van der Waals surface area contributed by atoms with Crippen molar-refractivity contribution in [1.29, 1.82) is 0 Å². The average Bonchev–Trinajstić information content (AvgIpc) is 2.92. The summed E-state index contributed by atoms with van der Waals surface area (Å²) in [5, 5.41) is 0. The van der Waals surface area contributed by atoms with Gasteiger partial charge in [0, 0.05) is 25.9 Å². The molecule has 0 bridgehead atoms. The van der Waals surface area contributed by atoms with Crippen LogP contribution < -0.4 is 5.73 Å². The SMILES string of the molecule is Cl.NCCC1CN(C(=O)CCC(=O)c2ccc(Br)s2)CCO1. The van der Waals surface area contributed by atoms with E-state index >= 15 is 0 Å².